The first kappa shape index (κ1) is 17.1. The number of ether oxygens (including phenoxy) is 1. The van der Waals surface area contributed by atoms with Crippen molar-refractivity contribution in [1.82, 2.24) is 10.6 Å². The molecule has 4 nitrogen and oxygen atoms in total. The van der Waals surface area contributed by atoms with E-state index in [-0.39, 0.29) is 23.1 Å². The number of hydrogen-bond acceptors (Lipinski definition) is 3. The second kappa shape index (κ2) is 7.05. The van der Waals surface area contributed by atoms with Crippen LogP contribution in [-0.4, -0.2) is 25.6 Å². The molecule has 0 radical (unpaired) electrons. The third kappa shape index (κ3) is 3.38. The van der Waals surface area contributed by atoms with Gasteiger partial charge in [-0.25, -0.2) is 0 Å². The van der Waals surface area contributed by atoms with Crippen LogP contribution in [0.2, 0.25) is 0 Å². The lowest BCUT2D eigenvalue weighted by Gasteiger charge is -2.38. The number of fused-ring (bicyclic) bond motifs is 1. The Hall–Kier alpha value is -1.69. The predicted octanol–water partition coefficient (Wildman–Crippen LogP) is 3.25. The Kier molecular flexibility index (Phi) is 5.04. The normalized spacial score (nSPS) is 27.6. The maximum Gasteiger partial charge on any atom is 0.387 e. The molecule has 1 saturated carbocycles. The van der Waals surface area contributed by atoms with Gasteiger partial charge in [-0.15, -0.1) is 0 Å². The van der Waals surface area contributed by atoms with Crippen LogP contribution in [0.15, 0.2) is 24.3 Å². The molecule has 1 amide bonds. The summed E-state index contributed by atoms with van der Waals surface area (Å²) >= 11 is 0. The van der Waals surface area contributed by atoms with Gasteiger partial charge in [0.2, 0.25) is 5.91 Å². The summed E-state index contributed by atoms with van der Waals surface area (Å²) in [6, 6.07) is 6.26. The number of nitrogens with one attached hydrogen (secondary N) is 2. The van der Waals surface area contributed by atoms with Crippen molar-refractivity contribution < 1.29 is 18.3 Å². The number of carbonyl (C=O) groups is 1. The van der Waals surface area contributed by atoms with Crippen LogP contribution in [0.1, 0.15) is 44.2 Å². The van der Waals surface area contributed by atoms with Gasteiger partial charge >= 0.3 is 6.61 Å². The molecule has 132 valence electrons. The molecule has 2 fully saturated rings. The average Bonchev–Trinajstić information content (AvgIpc) is 3.00. The largest absolute Gasteiger partial charge is 0.435 e. The highest BCUT2D eigenvalue weighted by Crippen LogP contribution is 2.44. The van der Waals surface area contributed by atoms with Crippen LogP contribution in [0.25, 0.3) is 0 Å². The van der Waals surface area contributed by atoms with Crippen LogP contribution in [0, 0.1) is 11.3 Å². The van der Waals surface area contributed by atoms with Gasteiger partial charge in [0.15, 0.2) is 0 Å². The Bertz CT molecular complexity index is 579. The van der Waals surface area contributed by atoms with Crippen molar-refractivity contribution in [2.45, 2.75) is 45.3 Å². The number of alkyl halides is 2. The van der Waals surface area contributed by atoms with Gasteiger partial charge < -0.3 is 15.4 Å². The van der Waals surface area contributed by atoms with E-state index in [9.17, 15) is 13.6 Å². The number of carbonyl (C=O) groups excluding carboxylic acids is 1. The first-order chi connectivity index (χ1) is 11.5. The number of amides is 1. The van der Waals surface area contributed by atoms with Gasteiger partial charge in [0, 0.05) is 6.54 Å². The summed E-state index contributed by atoms with van der Waals surface area (Å²) in [4.78, 5) is 12.9. The molecule has 24 heavy (non-hydrogen) atoms. The molecule has 1 aromatic rings. The van der Waals surface area contributed by atoms with Gasteiger partial charge in [0.1, 0.15) is 5.75 Å². The van der Waals surface area contributed by atoms with E-state index in [1.807, 2.05) is 6.92 Å². The summed E-state index contributed by atoms with van der Waals surface area (Å²) in [5.74, 6) is 0.649. The molecule has 1 aromatic carbocycles. The van der Waals surface area contributed by atoms with Crippen LogP contribution in [0.5, 0.6) is 5.75 Å². The fourth-order valence-electron chi connectivity index (χ4n) is 4.05. The average molecular weight is 338 g/mol. The Balaban J connectivity index is 1.65. The lowest BCUT2D eigenvalue weighted by atomic mass is 9.67. The van der Waals surface area contributed by atoms with Crippen molar-refractivity contribution in [3.05, 3.63) is 29.8 Å². The van der Waals surface area contributed by atoms with Crippen molar-refractivity contribution in [3.63, 3.8) is 0 Å². The highest BCUT2D eigenvalue weighted by molar-refractivity contribution is 5.84. The van der Waals surface area contributed by atoms with E-state index in [0.29, 0.717) is 5.92 Å². The minimum Gasteiger partial charge on any atom is -0.435 e. The Labute approximate surface area is 141 Å². The fraction of sp³-hybridized carbons (Fsp3) is 0.611. The topological polar surface area (TPSA) is 50.4 Å². The summed E-state index contributed by atoms with van der Waals surface area (Å²) < 4.78 is 28.7. The van der Waals surface area contributed by atoms with E-state index in [1.54, 1.807) is 12.1 Å². The molecule has 0 bridgehead atoms. The van der Waals surface area contributed by atoms with Crippen LogP contribution < -0.4 is 15.4 Å². The third-order valence-electron chi connectivity index (χ3n) is 5.44. The van der Waals surface area contributed by atoms with Crippen molar-refractivity contribution in [3.8, 4) is 5.75 Å². The Morgan fingerprint density at radius 1 is 1.33 bits per heavy atom. The number of halogens is 2. The summed E-state index contributed by atoms with van der Waals surface area (Å²) in [7, 11) is 0. The highest BCUT2D eigenvalue weighted by Gasteiger charge is 2.49. The number of benzene rings is 1. The van der Waals surface area contributed by atoms with Crippen molar-refractivity contribution in [2.75, 3.05) is 13.1 Å². The van der Waals surface area contributed by atoms with E-state index in [1.165, 1.54) is 18.6 Å². The quantitative estimate of drug-likeness (QED) is 0.866. The first-order valence-corrected chi connectivity index (χ1v) is 8.58. The monoisotopic (exact) mass is 338 g/mol. The molecule has 6 heteroatoms. The van der Waals surface area contributed by atoms with Gasteiger partial charge in [-0.1, -0.05) is 25.0 Å². The Morgan fingerprint density at radius 2 is 2.08 bits per heavy atom. The smallest absolute Gasteiger partial charge is 0.387 e. The third-order valence-corrected chi connectivity index (χ3v) is 5.44. The van der Waals surface area contributed by atoms with Crippen molar-refractivity contribution >= 4 is 5.91 Å². The molecule has 1 heterocycles. The molecule has 1 unspecified atom stereocenters. The lowest BCUT2D eigenvalue weighted by Crippen LogP contribution is -2.48. The summed E-state index contributed by atoms with van der Waals surface area (Å²) in [6.45, 7) is 0.751. The van der Waals surface area contributed by atoms with Crippen LogP contribution in [-0.2, 0) is 4.79 Å². The second-order valence-electron chi connectivity index (χ2n) is 6.87. The van der Waals surface area contributed by atoms with Crippen LogP contribution in [0.3, 0.4) is 0 Å². The standard InChI is InChI=1S/C18H24F2N2O2/c1-12(13-5-7-15(8-6-13)24-17(19)20)22-16(23)18-9-3-2-4-14(18)10-21-11-18/h5-8,12,14,17,21H,2-4,9-11H2,1H3,(H,22,23)/t12?,14-,18+/m0/s1. The SMILES string of the molecule is CC(NC(=O)[C@@]12CCCC[C@H]1CNC2)c1ccc(OC(F)F)cc1. The van der Waals surface area contributed by atoms with E-state index in [2.05, 4.69) is 15.4 Å². The zero-order chi connectivity index (χ0) is 17.2. The van der Waals surface area contributed by atoms with Crippen molar-refractivity contribution in [2.24, 2.45) is 11.3 Å². The number of hydrogen-bond donors (Lipinski definition) is 2. The van der Waals surface area contributed by atoms with Gasteiger partial charge in [-0.05, 0) is 49.9 Å². The van der Waals surface area contributed by atoms with E-state index >= 15 is 0 Å². The van der Waals surface area contributed by atoms with Gasteiger partial charge in [0.25, 0.3) is 0 Å². The highest BCUT2D eigenvalue weighted by atomic mass is 19.3. The van der Waals surface area contributed by atoms with Gasteiger partial charge in [-0.2, -0.15) is 8.78 Å². The molecule has 2 N–H and O–H groups in total. The minimum absolute atomic E-state index is 0.109. The zero-order valence-electron chi connectivity index (χ0n) is 13.9. The molecular formula is C18H24F2N2O2. The first-order valence-electron chi connectivity index (χ1n) is 8.58. The molecule has 3 atom stereocenters. The summed E-state index contributed by atoms with van der Waals surface area (Å²) in [6.07, 6.45) is 4.33. The lowest BCUT2D eigenvalue weighted by molar-refractivity contribution is -0.134. The Morgan fingerprint density at radius 3 is 2.79 bits per heavy atom. The van der Waals surface area contributed by atoms with E-state index in [4.69, 9.17) is 0 Å². The van der Waals surface area contributed by atoms with Crippen molar-refractivity contribution in [1.29, 1.82) is 0 Å². The number of rotatable bonds is 5. The minimum atomic E-state index is -2.83. The van der Waals surface area contributed by atoms with E-state index < -0.39 is 6.61 Å². The maximum atomic E-state index is 12.9. The summed E-state index contributed by atoms with van der Waals surface area (Å²) in [5.41, 5.74) is 0.588. The molecule has 1 aliphatic carbocycles. The van der Waals surface area contributed by atoms with Crippen LogP contribution >= 0.6 is 0 Å². The predicted molar refractivity (Wildman–Crippen MR) is 86.9 cm³/mol. The molecule has 1 saturated heterocycles. The second-order valence-corrected chi connectivity index (χ2v) is 6.87. The molecule has 1 aliphatic heterocycles. The van der Waals surface area contributed by atoms with Gasteiger partial charge in [-0.3, -0.25) is 4.79 Å². The maximum absolute atomic E-state index is 12.9. The molecule has 3 rings (SSSR count). The molecular weight excluding hydrogens is 314 g/mol. The summed E-state index contributed by atoms with van der Waals surface area (Å²) in [5, 5.41) is 6.50. The molecule has 0 spiro atoms. The van der Waals surface area contributed by atoms with E-state index in [0.717, 1.165) is 37.9 Å². The van der Waals surface area contributed by atoms with Crippen LogP contribution in [0.4, 0.5) is 8.78 Å². The van der Waals surface area contributed by atoms with Gasteiger partial charge in [0.05, 0.1) is 11.5 Å². The fourth-order valence-corrected chi connectivity index (χ4v) is 4.05. The molecule has 0 aromatic heterocycles. The molecule has 2 aliphatic rings. The zero-order valence-corrected chi connectivity index (χ0v) is 13.9.